The summed E-state index contributed by atoms with van der Waals surface area (Å²) in [6.45, 7) is 13.1. The predicted molar refractivity (Wildman–Crippen MR) is 135 cm³/mol. The van der Waals surface area contributed by atoms with E-state index in [2.05, 4.69) is 20.1 Å². The number of fused-ring (bicyclic) bond motifs is 6. The SMILES string of the molecule is C=CC(=O)OC(C)COc1c2c(c(OCC(C)OC(=O)C=C)c3c(Cl)cccc13)C1CCC2(C)C1. The summed E-state index contributed by atoms with van der Waals surface area (Å²) in [5.74, 6) is 0.849. The summed E-state index contributed by atoms with van der Waals surface area (Å²) in [5.41, 5.74) is 2.20. The molecule has 2 bridgehead atoms. The lowest BCUT2D eigenvalue weighted by Crippen LogP contribution is -2.24. The van der Waals surface area contributed by atoms with E-state index in [0.717, 1.165) is 64.8 Å². The van der Waals surface area contributed by atoms with Gasteiger partial charge in [-0.25, -0.2) is 9.59 Å². The zero-order valence-corrected chi connectivity index (χ0v) is 21.2. The van der Waals surface area contributed by atoms with Crippen LogP contribution in [0.4, 0.5) is 0 Å². The molecule has 7 heteroatoms. The van der Waals surface area contributed by atoms with Crippen LogP contribution in [0.3, 0.4) is 0 Å². The summed E-state index contributed by atoms with van der Waals surface area (Å²) in [4.78, 5) is 23.2. The fourth-order valence-corrected chi connectivity index (χ4v) is 5.67. The number of rotatable bonds is 10. The van der Waals surface area contributed by atoms with Gasteiger partial charge in [0.05, 0.1) is 5.02 Å². The second-order valence-corrected chi connectivity index (χ2v) is 10.0. The topological polar surface area (TPSA) is 71.1 Å². The lowest BCUT2D eigenvalue weighted by Gasteiger charge is -2.31. The van der Waals surface area contributed by atoms with E-state index in [-0.39, 0.29) is 18.6 Å². The molecule has 0 radical (unpaired) electrons. The molecule has 0 spiro atoms. The number of hydrogen-bond acceptors (Lipinski definition) is 6. The number of carbonyl (C=O) groups is 2. The number of esters is 2. The van der Waals surface area contributed by atoms with Crippen molar-refractivity contribution >= 4 is 34.3 Å². The third kappa shape index (κ3) is 4.76. The summed E-state index contributed by atoms with van der Waals surface area (Å²) in [5, 5.41) is 2.18. The number of carbonyl (C=O) groups excluding carboxylic acids is 2. The number of hydrogen-bond donors (Lipinski definition) is 0. The van der Waals surface area contributed by atoms with Crippen LogP contribution in [0.2, 0.25) is 5.02 Å². The molecule has 0 heterocycles. The molecule has 4 unspecified atom stereocenters. The Kier molecular flexibility index (Phi) is 7.13. The Morgan fingerprint density at radius 3 is 2.29 bits per heavy atom. The Labute approximate surface area is 210 Å². The van der Waals surface area contributed by atoms with Gasteiger partial charge >= 0.3 is 11.9 Å². The monoisotopic (exact) mass is 498 g/mol. The number of ether oxygens (including phenoxy) is 4. The van der Waals surface area contributed by atoms with Gasteiger partial charge in [-0.1, -0.05) is 43.8 Å². The molecule has 0 N–H and O–H groups in total. The van der Waals surface area contributed by atoms with Crippen molar-refractivity contribution in [2.45, 2.75) is 63.6 Å². The van der Waals surface area contributed by atoms with Crippen molar-refractivity contribution < 1.29 is 28.5 Å². The number of halogens is 1. The van der Waals surface area contributed by atoms with Gasteiger partial charge < -0.3 is 18.9 Å². The Morgan fingerprint density at radius 1 is 1.09 bits per heavy atom. The molecule has 4 rings (SSSR count). The molecule has 2 aliphatic carbocycles. The Bertz CT molecular complexity index is 1190. The summed E-state index contributed by atoms with van der Waals surface area (Å²) in [6, 6.07) is 5.69. The second kappa shape index (κ2) is 9.94. The van der Waals surface area contributed by atoms with Crippen LogP contribution in [-0.2, 0) is 24.5 Å². The van der Waals surface area contributed by atoms with E-state index in [9.17, 15) is 9.59 Å². The van der Waals surface area contributed by atoms with Crippen molar-refractivity contribution in [3.8, 4) is 11.5 Å². The van der Waals surface area contributed by atoms with Crippen LogP contribution in [0.1, 0.15) is 57.1 Å². The van der Waals surface area contributed by atoms with E-state index in [1.54, 1.807) is 13.8 Å². The van der Waals surface area contributed by atoms with E-state index in [0.29, 0.717) is 10.9 Å². The Morgan fingerprint density at radius 2 is 1.69 bits per heavy atom. The maximum atomic E-state index is 11.6. The summed E-state index contributed by atoms with van der Waals surface area (Å²) in [6.07, 6.45) is 4.49. The summed E-state index contributed by atoms with van der Waals surface area (Å²) < 4.78 is 23.4. The highest BCUT2D eigenvalue weighted by molar-refractivity contribution is 6.36. The molecule has 2 aromatic carbocycles. The lowest BCUT2D eigenvalue weighted by atomic mass is 9.78. The molecule has 0 aromatic heterocycles. The van der Waals surface area contributed by atoms with Crippen LogP contribution in [0, 0.1) is 0 Å². The molecule has 2 aromatic rings. The van der Waals surface area contributed by atoms with E-state index in [4.69, 9.17) is 30.5 Å². The van der Waals surface area contributed by atoms with Crippen LogP contribution in [0.15, 0.2) is 43.5 Å². The van der Waals surface area contributed by atoms with E-state index >= 15 is 0 Å². The van der Waals surface area contributed by atoms with Gasteiger partial charge in [0.2, 0.25) is 0 Å². The first kappa shape index (κ1) is 25.1. The molecule has 0 aliphatic heterocycles. The molecule has 4 atom stereocenters. The van der Waals surface area contributed by atoms with Crippen molar-refractivity contribution in [1.82, 2.24) is 0 Å². The van der Waals surface area contributed by atoms with Crippen molar-refractivity contribution in [1.29, 1.82) is 0 Å². The van der Waals surface area contributed by atoms with Crippen molar-refractivity contribution in [3.05, 3.63) is 59.7 Å². The maximum absolute atomic E-state index is 11.6. The summed E-state index contributed by atoms with van der Waals surface area (Å²) >= 11 is 6.73. The fraction of sp³-hybridized carbons (Fsp3) is 0.429. The Hall–Kier alpha value is -2.99. The van der Waals surface area contributed by atoms with Crippen molar-refractivity contribution in [2.24, 2.45) is 0 Å². The van der Waals surface area contributed by atoms with E-state index in [1.165, 1.54) is 0 Å². The molecule has 2 aliphatic rings. The Balaban J connectivity index is 1.77. The van der Waals surface area contributed by atoms with Crippen LogP contribution >= 0.6 is 11.6 Å². The summed E-state index contributed by atoms with van der Waals surface area (Å²) in [7, 11) is 0. The van der Waals surface area contributed by atoms with Gasteiger partial charge in [-0.3, -0.25) is 0 Å². The third-order valence-electron chi connectivity index (χ3n) is 6.87. The minimum Gasteiger partial charge on any atom is -0.489 e. The predicted octanol–water partition coefficient (Wildman–Crippen LogP) is 6.03. The molecule has 1 fully saturated rings. The van der Waals surface area contributed by atoms with Crippen LogP contribution < -0.4 is 9.47 Å². The van der Waals surface area contributed by atoms with Crippen LogP contribution in [-0.4, -0.2) is 37.4 Å². The van der Waals surface area contributed by atoms with Gasteiger partial charge in [0.1, 0.15) is 36.9 Å². The van der Waals surface area contributed by atoms with Crippen LogP contribution in [0.5, 0.6) is 11.5 Å². The normalized spacial score (nSPS) is 21.7. The van der Waals surface area contributed by atoms with Gasteiger partial charge in [-0.2, -0.15) is 0 Å². The van der Waals surface area contributed by atoms with Crippen LogP contribution in [0.25, 0.3) is 10.8 Å². The molecule has 6 nitrogen and oxygen atoms in total. The highest BCUT2D eigenvalue weighted by Crippen LogP contribution is 2.64. The molecule has 0 saturated heterocycles. The minimum atomic E-state index is -0.490. The standard InChI is InChI=1S/C28H31ClO6/c1-6-21(30)34-16(3)14-32-26-19-9-8-10-20(29)24(19)27(33-15-17(4)35-22(31)7-2)23-18-11-12-28(5,13-18)25(23)26/h6-10,16-18H,1-2,11-15H2,3-5H3. The van der Waals surface area contributed by atoms with Gasteiger partial charge in [-0.05, 0) is 50.5 Å². The zero-order valence-electron chi connectivity index (χ0n) is 20.4. The average molecular weight is 499 g/mol. The van der Waals surface area contributed by atoms with Crippen molar-refractivity contribution in [2.75, 3.05) is 13.2 Å². The molecular formula is C28H31ClO6. The molecule has 1 saturated carbocycles. The first-order valence-electron chi connectivity index (χ1n) is 11.9. The maximum Gasteiger partial charge on any atom is 0.330 e. The average Bonchev–Trinajstić information content (AvgIpc) is 3.35. The quantitative estimate of drug-likeness (QED) is 0.294. The first-order valence-corrected chi connectivity index (χ1v) is 12.3. The highest BCUT2D eigenvalue weighted by Gasteiger charge is 2.50. The van der Waals surface area contributed by atoms with Gasteiger partial charge in [-0.15, -0.1) is 0 Å². The number of benzene rings is 2. The molecule has 0 amide bonds. The fourth-order valence-electron chi connectivity index (χ4n) is 5.41. The zero-order chi connectivity index (χ0) is 25.3. The van der Waals surface area contributed by atoms with E-state index < -0.39 is 24.1 Å². The minimum absolute atomic E-state index is 0.0497. The molecular weight excluding hydrogens is 468 g/mol. The lowest BCUT2D eigenvalue weighted by molar-refractivity contribution is -0.144. The van der Waals surface area contributed by atoms with E-state index in [1.807, 2.05) is 18.2 Å². The molecule has 35 heavy (non-hydrogen) atoms. The van der Waals surface area contributed by atoms with Gasteiger partial charge in [0.25, 0.3) is 0 Å². The molecule has 186 valence electrons. The largest absolute Gasteiger partial charge is 0.489 e. The van der Waals surface area contributed by atoms with Gasteiger partial charge in [0, 0.05) is 34.1 Å². The van der Waals surface area contributed by atoms with Crippen molar-refractivity contribution in [3.63, 3.8) is 0 Å². The smallest absolute Gasteiger partial charge is 0.330 e. The third-order valence-corrected chi connectivity index (χ3v) is 7.19. The highest BCUT2D eigenvalue weighted by atomic mass is 35.5. The second-order valence-electron chi connectivity index (χ2n) is 9.63. The van der Waals surface area contributed by atoms with Gasteiger partial charge in [0.15, 0.2) is 0 Å². The first-order chi connectivity index (χ1) is 16.7.